The number of halogens is 3. The van der Waals surface area contributed by atoms with Crippen LogP contribution in [0.1, 0.15) is 36.2 Å². The van der Waals surface area contributed by atoms with Crippen molar-refractivity contribution < 1.29 is 32.4 Å². The lowest BCUT2D eigenvalue weighted by Gasteiger charge is -2.14. The molecule has 0 fully saturated rings. The third-order valence-electron chi connectivity index (χ3n) is 3.52. The smallest absolute Gasteiger partial charge is 0.321 e. The minimum atomic E-state index is -1.99. The summed E-state index contributed by atoms with van der Waals surface area (Å²) in [4.78, 5) is 34.4. The first kappa shape index (κ1) is 22.2. The van der Waals surface area contributed by atoms with Gasteiger partial charge in [-0.1, -0.05) is 6.92 Å². The second-order valence-electron chi connectivity index (χ2n) is 5.41. The van der Waals surface area contributed by atoms with Gasteiger partial charge in [0.05, 0.1) is 24.6 Å². The monoisotopic (exact) mass is 389 g/mol. The molecule has 0 radical (unpaired) electrons. The molecule has 0 heterocycles. The summed E-state index contributed by atoms with van der Waals surface area (Å²) < 4.78 is 46.8. The molecule has 0 saturated heterocycles. The molecule has 0 aliphatic rings. The zero-order chi connectivity index (χ0) is 20.7. The van der Waals surface area contributed by atoms with E-state index in [1.807, 2.05) is 0 Å². The fraction of sp³-hybridized carbons (Fsp3) is 0.500. The second kappa shape index (κ2) is 9.74. The van der Waals surface area contributed by atoms with Crippen LogP contribution in [0.2, 0.25) is 0 Å². The lowest BCUT2D eigenvalue weighted by Crippen LogP contribution is -2.30. The number of hydrogen-bond donors (Lipinski definition) is 0. The van der Waals surface area contributed by atoms with E-state index in [0.29, 0.717) is 13.0 Å². The number of carbonyl (C=O) groups excluding carboxylic acids is 2. The summed E-state index contributed by atoms with van der Waals surface area (Å²) in [6, 6.07) is 0. The van der Waals surface area contributed by atoms with Gasteiger partial charge in [0.25, 0.3) is 0 Å². The van der Waals surface area contributed by atoms with Gasteiger partial charge in [0.2, 0.25) is 5.82 Å². The highest BCUT2D eigenvalue weighted by Crippen LogP contribution is 2.32. The van der Waals surface area contributed by atoms with Crippen molar-refractivity contribution in [2.75, 3.05) is 19.7 Å². The molecular weight excluding hydrogens is 371 g/mol. The highest BCUT2D eigenvalue weighted by Gasteiger charge is 2.40. The van der Waals surface area contributed by atoms with Gasteiger partial charge in [0, 0.05) is 5.56 Å². The van der Waals surface area contributed by atoms with Crippen molar-refractivity contribution in [2.24, 2.45) is 16.1 Å². The van der Waals surface area contributed by atoms with E-state index in [1.54, 1.807) is 6.92 Å². The Morgan fingerprint density at radius 3 is 2.30 bits per heavy atom. The van der Waals surface area contributed by atoms with E-state index in [4.69, 9.17) is 4.74 Å². The first-order valence-electron chi connectivity index (χ1n) is 8.04. The maximum atomic E-state index is 14.4. The maximum Gasteiger partial charge on any atom is 0.321 e. The predicted octanol–water partition coefficient (Wildman–Crippen LogP) is 3.54. The second-order valence-corrected chi connectivity index (χ2v) is 5.41. The van der Waals surface area contributed by atoms with E-state index >= 15 is 0 Å². The van der Waals surface area contributed by atoms with Gasteiger partial charge in [-0.15, -0.1) is 0 Å². The molecule has 1 unspecified atom stereocenters. The highest BCUT2D eigenvalue weighted by atomic mass is 19.2. The molecule has 1 atom stereocenters. The minimum absolute atomic E-state index is 0.129. The zero-order valence-corrected chi connectivity index (χ0v) is 14.9. The Balaban J connectivity index is 3.52. The Bertz CT molecular complexity index is 783. The Hall–Kier alpha value is -2.85. The summed E-state index contributed by atoms with van der Waals surface area (Å²) in [6.07, 6.45) is 0.629. The molecule has 0 amide bonds. The van der Waals surface area contributed by atoms with Crippen molar-refractivity contribution in [2.45, 2.75) is 27.2 Å². The number of ether oxygens (including phenoxy) is 1. The lowest BCUT2D eigenvalue weighted by atomic mass is 9.94. The van der Waals surface area contributed by atoms with E-state index in [9.17, 15) is 32.9 Å². The molecule has 148 valence electrons. The Labute approximate surface area is 152 Å². The van der Waals surface area contributed by atoms with E-state index in [-0.39, 0.29) is 6.61 Å². The normalized spacial score (nSPS) is 12.2. The lowest BCUT2D eigenvalue weighted by molar-refractivity contribution is -0.388. The third kappa shape index (κ3) is 4.86. The van der Waals surface area contributed by atoms with Gasteiger partial charge < -0.3 is 4.74 Å². The Morgan fingerprint density at radius 2 is 1.78 bits per heavy atom. The number of hydrogen-bond acceptors (Lipinski definition) is 7. The van der Waals surface area contributed by atoms with Crippen molar-refractivity contribution in [3.63, 3.8) is 0 Å². The van der Waals surface area contributed by atoms with Crippen LogP contribution in [0.4, 0.5) is 18.9 Å². The topological polar surface area (TPSA) is 111 Å². The molecule has 0 aliphatic carbocycles. The van der Waals surface area contributed by atoms with Crippen LogP contribution < -0.4 is 0 Å². The van der Waals surface area contributed by atoms with Crippen molar-refractivity contribution in [1.82, 2.24) is 0 Å². The number of nitro benzene ring substituents is 1. The van der Waals surface area contributed by atoms with Crippen LogP contribution in [0.15, 0.2) is 10.2 Å². The van der Waals surface area contributed by atoms with Gasteiger partial charge in [0.1, 0.15) is 17.3 Å². The number of nitrogens with zero attached hydrogens (tertiary/aromatic N) is 3. The number of nitro groups is 1. The summed E-state index contributed by atoms with van der Waals surface area (Å²) in [5, 5.41) is 18.4. The van der Waals surface area contributed by atoms with Gasteiger partial charge in [-0.2, -0.15) is 14.6 Å². The Kier molecular flexibility index (Phi) is 8.00. The average Bonchev–Trinajstić information content (AvgIpc) is 2.62. The first-order valence-corrected chi connectivity index (χ1v) is 8.04. The summed E-state index contributed by atoms with van der Waals surface area (Å²) in [5.41, 5.74) is -3.93. The third-order valence-corrected chi connectivity index (χ3v) is 3.52. The van der Waals surface area contributed by atoms with Crippen LogP contribution in [0.25, 0.3) is 0 Å². The number of benzene rings is 1. The molecule has 1 rings (SSSR count). The van der Waals surface area contributed by atoms with E-state index in [2.05, 4.69) is 10.2 Å². The van der Waals surface area contributed by atoms with Crippen LogP contribution >= 0.6 is 0 Å². The molecule has 1 aromatic rings. The summed E-state index contributed by atoms with van der Waals surface area (Å²) in [6.45, 7) is 3.65. The highest BCUT2D eigenvalue weighted by molar-refractivity contribution is 6.11. The Morgan fingerprint density at radius 1 is 1.15 bits per heavy atom. The quantitative estimate of drug-likeness (QED) is 0.122. The number of carbonyl (C=O) groups is 2. The molecule has 0 saturated carbocycles. The SMILES string of the molecule is CCCN=NCC(C(=O)OCC)C(=O)c1c(F)c(C)c(F)c(F)c1[N+](=O)[O-]. The molecule has 0 spiro atoms. The number of azo groups is 1. The van der Waals surface area contributed by atoms with Gasteiger partial charge in [-0.3, -0.25) is 19.7 Å². The molecule has 8 nitrogen and oxygen atoms in total. The zero-order valence-electron chi connectivity index (χ0n) is 14.9. The molecule has 27 heavy (non-hydrogen) atoms. The van der Waals surface area contributed by atoms with Crippen LogP contribution in [0.5, 0.6) is 0 Å². The largest absolute Gasteiger partial charge is 0.465 e. The van der Waals surface area contributed by atoms with Crippen molar-refractivity contribution >= 4 is 17.4 Å². The molecule has 0 aliphatic heterocycles. The van der Waals surface area contributed by atoms with Gasteiger partial charge in [-0.05, 0) is 20.3 Å². The molecule has 0 N–H and O–H groups in total. The molecule has 0 aromatic heterocycles. The fourth-order valence-electron chi connectivity index (χ4n) is 2.15. The van der Waals surface area contributed by atoms with Crippen molar-refractivity contribution in [3.05, 3.63) is 38.7 Å². The maximum absolute atomic E-state index is 14.4. The van der Waals surface area contributed by atoms with E-state index in [0.717, 1.165) is 6.92 Å². The number of esters is 1. The van der Waals surface area contributed by atoms with Gasteiger partial charge in [0.15, 0.2) is 11.6 Å². The summed E-state index contributed by atoms with van der Waals surface area (Å²) >= 11 is 0. The molecule has 1 aromatic carbocycles. The number of Topliss-reactive ketones (excluding diaryl/α,β-unsaturated/α-hetero) is 1. The van der Waals surface area contributed by atoms with Crippen LogP contribution in [0.3, 0.4) is 0 Å². The van der Waals surface area contributed by atoms with Crippen LogP contribution in [0, 0.1) is 40.4 Å². The first-order chi connectivity index (χ1) is 12.7. The number of ketones is 1. The van der Waals surface area contributed by atoms with Crippen LogP contribution in [-0.4, -0.2) is 36.4 Å². The van der Waals surface area contributed by atoms with E-state index in [1.165, 1.54) is 6.92 Å². The summed E-state index contributed by atoms with van der Waals surface area (Å²) in [5.74, 6) is -9.75. The molecule has 0 bridgehead atoms. The minimum Gasteiger partial charge on any atom is -0.465 e. The summed E-state index contributed by atoms with van der Waals surface area (Å²) in [7, 11) is 0. The standard InChI is InChI=1S/C16H18F3N3O5/c1-4-6-20-21-7-9(16(24)27-5-2)15(23)10-11(17)8(3)12(18)13(19)14(10)22(25)26/h9H,4-7H2,1-3H3. The van der Waals surface area contributed by atoms with E-state index < -0.39 is 63.4 Å². The fourth-order valence-corrected chi connectivity index (χ4v) is 2.15. The van der Waals surface area contributed by atoms with Crippen LogP contribution in [-0.2, 0) is 9.53 Å². The van der Waals surface area contributed by atoms with Crippen molar-refractivity contribution in [3.8, 4) is 0 Å². The number of rotatable bonds is 9. The van der Waals surface area contributed by atoms with Gasteiger partial charge in [-0.25, -0.2) is 8.78 Å². The molecular formula is C16H18F3N3O5. The van der Waals surface area contributed by atoms with Crippen molar-refractivity contribution in [1.29, 1.82) is 0 Å². The molecule has 11 heteroatoms. The van der Waals surface area contributed by atoms with Gasteiger partial charge >= 0.3 is 11.7 Å². The average molecular weight is 389 g/mol. The predicted molar refractivity (Wildman–Crippen MR) is 87.0 cm³/mol.